The fraction of sp³-hybridized carbons (Fsp3) is 0.263. The molecule has 0 aliphatic carbocycles. The molecule has 0 amide bonds. The summed E-state index contributed by atoms with van der Waals surface area (Å²) in [5.41, 5.74) is 5.61. The highest BCUT2D eigenvalue weighted by molar-refractivity contribution is 7.99. The molecule has 3 rings (SSSR count). The molecule has 1 aliphatic heterocycles. The average molecular weight is 295 g/mol. The molecule has 0 fully saturated rings. The minimum Gasteiger partial charge on any atom is -0.313 e. The molecular formula is C19H21NS. The van der Waals surface area contributed by atoms with Crippen molar-refractivity contribution in [2.75, 3.05) is 13.1 Å². The molecule has 108 valence electrons. The number of hydrogen-bond acceptors (Lipinski definition) is 2. The van der Waals surface area contributed by atoms with Gasteiger partial charge in [-0.05, 0) is 61.2 Å². The lowest BCUT2D eigenvalue weighted by Gasteiger charge is -2.18. The second kappa shape index (κ2) is 6.50. The number of nitrogens with one attached hydrogen (secondary N) is 1. The Morgan fingerprint density at radius 1 is 0.952 bits per heavy atom. The van der Waals surface area contributed by atoms with Gasteiger partial charge in [-0.3, -0.25) is 0 Å². The van der Waals surface area contributed by atoms with Crippen LogP contribution in [0.2, 0.25) is 0 Å². The van der Waals surface area contributed by atoms with Crippen LogP contribution in [0.4, 0.5) is 0 Å². The second-order valence-corrected chi connectivity index (χ2v) is 6.56. The fourth-order valence-electron chi connectivity index (χ4n) is 2.64. The Bertz CT molecular complexity index is 673. The van der Waals surface area contributed by atoms with Gasteiger partial charge in [0.25, 0.3) is 0 Å². The molecule has 2 aromatic rings. The first-order valence-electron chi connectivity index (χ1n) is 7.49. The molecule has 1 heterocycles. The van der Waals surface area contributed by atoms with E-state index in [0.29, 0.717) is 0 Å². The first kappa shape index (κ1) is 14.4. The van der Waals surface area contributed by atoms with Gasteiger partial charge in [0.05, 0.1) is 0 Å². The fourth-order valence-corrected chi connectivity index (χ4v) is 3.79. The predicted octanol–water partition coefficient (Wildman–Crippen LogP) is 4.83. The third kappa shape index (κ3) is 3.22. The van der Waals surface area contributed by atoms with Crippen LogP contribution in [-0.2, 0) is 0 Å². The van der Waals surface area contributed by atoms with E-state index in [-0.39, 0.29) is 0 Å². The van der Waals surface area contributed by atoms with Crippen LogP contribution in [0, 0.1) is 13.8 Å². The van der Waals surface area contributed by atoms with Gasteiger partial charge in [-0.15, -0.1) is 0 Å². The molecule has 1 aliphatic rings. The van der Waals surface area contributed by atoms with Crippen LogP contribution < -0.4 is 5.32 Å². The molecule has 0 atom stereocenters. The summed E-state index contributed by atoms with van der Waals surface area (Å²) in [7, 11) is 0. The number of hydrogen-bond donors (Lipinski definition) is 1. The molecule has 2 aromatic carbocycles. The van der Waals surface area contributed by atoms with Crippen LogP contribution in [-0.4, -0.2) is 13.1 Å². The van der Waals surface area contributed by atoms with E-state index in [0.717, 1.165) is 19.5 Å². The molecule has 0 spiro atoms. The zero-order valence-electron chi connectivity index (χ0n) is 12.6. The molecule has 1 nitrogen and oxygen atoms in total. The monoisotopic (exact) mass is 295 g/mol. The number of benzene rings is 2. The van der Waals surface area contributed by atoms with Gasteiger partial charge in [0, 0.05) is 16.3 Å². The molecule has 0 aromatic heterocycles. The molecule has 0 saturated carbocycles. The SMILES string of the molecule is Cc1cccc(Sc2ccccc2C2=CCNCC2)c1C. The quantitative estimate of drug-likeness (QED) is 0.870. The third-order valence-corrected chi connectivity index (χ3v) is 5.31. The van der Waals surface area contributed by atoms with Crippen LogP contribution in [0.3, 0.4) is 0 Å². The predicted molar refractivity (Wildman–Crippen MR) is 91.9 cm³/mol. The highest BCUT2D eigenvalue weighted by atomic mass is 32.2. The minimum atomic E-state index is 0.984. The van der Waals surface area contributed by atoms with Crippen molar-refractivity contribution in [3.63, 3.8) is 0 Å². The Morgan fingerprint density at radius 3 is 2.57 bits per heavy atom. The maximum absolute atomic E-state index is 3.39. The van der Waals surface area contributed by atoms with Gasteiger partial charge in [-0.1, -0.05) is 48.2 Å². The lowest BCUT2D eigenvalue weighted by molar-refractivity contribution is 0.737. The van der Waals surface area contributed by atoms with Crippen LogP contribution in [0.5, 0.6) is 0 Å². The van der Waals surface area contributed by atoms with Crippen molar-refractivity contribution in [3.8, 4) is 0 Å². The van der Waals surface area contributed by atoms with Crippen molar-refractivity contribution >= 4 is 17.3 Å². The van der Waals surface area contributed by atoms with E-state index in [1.54, 1.807) is 0 Å². The summed E-state index contributed by atoms with van der Waals surface area (Å²) >= 11 is 1.89. The summed E-state index contributed by atoms with van der Waals surface area (Å²) < 4.78 is 0. The van der Waals surface area contributed by atoms with E-state index in [9.17, 15) is 0 Å². The van der Waals surface area contributed by atoms with Crippen molar-refractivity contribution in [1.29, 1.82) is 0 Å². The van der Waals surface area contributed by atoms with Crippen LogP contribution >= 0.6 is 11.8 Å². The van der Waals surface area contributed by atoms with Crippen LogP contribution in [0.15, 0.2) is 58.3 Å². The second-order valence-electron chi connectivity index (χ2n) is 5.48. The molecule has 2 heteroatoms. The third-order valence-electron chi connectivity index (χ3n) is 4.07. The highest BCUT2D eigenvalue weighted by Gasteiger charge is 2.12. The molecule has 0 unspecified atom stereocenters. The van der Waals surface area contributed by atoms with E-state index in [2.05, 4.69) is 67.7 Å². The Balaban J connectivity index is 1.96. The molecule has 21 heavy (non-hydrogen) atoms. The van der Waals surface area contributed by atoms with Gasteiger partial charge < -0.3 is 5.32 Å². The first-order valence-corrected chi connectivity index (χ1v) is 8.30. The Morgan fingerprint density at radius 2 is 1.76 bits per heavy atom. The topological polar surface area (TPSA) is 12.0 Å². The smallest absolute Gasteiger partial charge is 0.0197 e. The average Bonchev–Trinajstić information content (AvgIpc) is 2.53. The van der Waals surface area contributed by atoms with Crippen LogP contribution in [0.1, 0.15) is 23.1 Å². The number of aryl methyl sites for hydroxylation is 1. The van der Waals surface area contributed by atoms with Gasteiger partial charge in [-0.2, -0.15) is 0 Å². The van der Waals surface area contributed by atoms with E-state index >= 15 is 0 Å². The summed E-state index contributed by atoms with van der Waals surface area (Å²) in [6.07, 6.45) is 3.44. The van der Waals surface area contributed by atoms with E-state index in [1.165, 1.54) is 32.1 Å². The first-order chi connectivity index (χ1) is 10.3. The van der Waals surface area contributed by atoms with Crippen molar-refractivity contribution in [3.05, 3.63) is 65.2 Å². The van der Waals surface area contributed by atoms with E-state index in [1.807, 2.05) is 11.8 Å². The molecule has 0 saturated heterocycles. The van der Waals surface area contributed by atoms with Gasteiger partial charge in [0.2, 0.25) is 0 Å². The lowest BCUT2D eigenvalue weighted by Crippen LogP contribution is -2.20. The molecule has 0 bridgehead atoms. The van der Waals surface area contributed by atoms with Gasteiger partial charge in [0.15, 0.2) is 0 Å². The largest absolute Gasteiger partial charge is 0.313 e. The number of rotatable bonds is 3. The van der Waals surface area contributed by atoms with Crippen molar-refractivity contribution in [2.45, 2.75) is 30.1 Å². The molecule has 0 radical (unpaired) electrons. The maximum atomic E-state index is 3.39. The molecule has 1 N–H and O–H groups in total. The van der Waals surface area contributed by atoms with Gasteiger partial charge >= 0.3 is 0 Å². The zero-order valence-corrected chi connectivity index (χ0v) is 13.5. The van der Waals surface area contributed by atoms with Gasteiger partial charge in [-0.25, -0.2) is 0 Å². The highest BCUT2D eigenvalue weighted by Crippen LogP contribution is 2.37. The normalized spacial score (nSPS) is 14.9. The minimum absolute atomic E-state index is 0.984. The summed E-state index contributed by atoms with van der Waals surface area (Å²) in [4.78, 5) is 2.72. The summed E-state index contributed by atoms with van der Waals surface area (Å²) in [5, 5.41) is 3.39. The van der Waals surface area contributed by atoms with E-state index < -0.39 is 0 Å². The lowest BCUT2D eigenvalue weighted by atomic mass is 10.0. The summed E-state index contributed by atoms with van der Waals surface area (Å²) in [5.74, 6) is 0. The molecular weight excluding hydrogens is 274 g/mol. The van der Waals surface area contributed by atoms with Crippen LogP contribution in [0.25, 0.3) is 5.57 Å². The van der Waals surface area contributed by atoms with Crippen molar-refractivity contribution < 1.29 is 0 Å². The van der Waals surface area contributed by atoms with Gasteiger partial charge in [0.1, 0.15) is 0 Å². The Labute approximate surface area is 131 Å². The maximum Gasteiger partial charge on any atom is 0.0197 e. The summed E-state index contributed by atoms with van der Waals surface area (Å²) in [6, 6.07) is 15.3. The standard InChI is InChI=1S/C19H21NS/c1-14-6-5-9-18(15(14)2)21-19-8-4-3-7-17(19)16-10-12-20-13-11-16/h3-10,20H,11-13H2,1-2H3. The van der Waals surface area contributed by atoms with Crippen molar-refractivity contribution in [2.24, 2.45) is 0 Å². The van der Waals surface area contributed by atoms with E-state index in [4.69, 9.17) is 0 Å². The Hall–Kier alpha value is -1.51. The summed E-state index contributed by atoms with van der Waals surface area (Å²) in [6.45, 7) is 6.46. The van der Waals surface area contributed by atoms with Crippen molar-refractivity contribution in [1.82, 2.24) is 5.32 Å². The Kier molecular flexibility index (Phi) is 4.47. The zero-order chi connectivity index (χ0) is 14.7.